The van der Waals surface area contributed by atoms with Crippen molar-refractivity contribution in [3.63, 3.8) is 0 Å². The van der Waals surface area contributed by atoms with Gasteiger partial charge in [0.2, 0.25) is 0 Å². The highest BCUT2D eigenvalue weighted by Gasteiger charge is 2.19. The maximum atomic E-state index is 13.3. The van der Waals surface area contributed by atoms with E-state index in [1.54, 1.807) is 12.1 Å². The minimum absolute atomic E-state index is 0.163. The normalized spacial score (nSPS) is 16.4. The van der Waals surface area contributed by atoms with E-state index in [0.717, 1.165) is 75.6 Å². The Labute approximate surface area is 154 Å². The number of halogens is 2. The summed E-state index contributed by atoms with van der Waals surface area (Å²) in [6.45, 7) is 7.71. The molecule has 1 aliphatic heterocycles. The number of nitrogens with one attached hydrogen (secondary N) is 1. The Morgan fingerprint density at radius 2 is 1.88 bits per heavy atom. The molecule has 0 amide bonds. The van der Waals surface area contributed by atoms with Crippen LogP contribution < -0.4 is 0 Å². The number of H-pyrrole nitrogens is 1. The summed E-state index contributed by atoms with van der Waals surface area (Å²) < 4.78 is 13.3. The molecule has 1 saturated heterocycles. The molecule has 1 aromatic carbocycles. The average molecular weight is 365 g/mol. The number of hydrogen-bond acceptors (Lipinski definition) is 3. The summed E-state index contributed by atoms with van der Waals surface area (Å²) in [6, 6.07) is 6.87. The highest BCUT2D eigenvalue weighted by atomic mass is 35.5. The van der Waals surface area contributed by atoms with E-state index >= 15 is 0 Å². The molecule has 0 aliphatic carbocycles. The van der Waals surface area contributed by atoms with Gasteiger partial charge in [0.25, 0.3) is 0 Å². The smallest absolute Gasteiger partial charge is 0.151 e. The van der Waals surface area contributed by atoms with E-state index in [-0.39, 0.29) is 5.82 Å². The van der Waals surface area contributed by atoms with E-state index in [1.807, 2.05) is 6.07 Å². The second-order valence-electron chi connectivity index (χ2n) is 6.74. The SMILES string of the molecule is CCCCc1nc(Cl)c(CN2CCN(Cc3cccc(F)c3)CC2)[nH]1. The Morgan fingerprint density at radius 1 is 1.16 bits per heavy atom. The van der Waals surface area contributed by atoms with Gasteiger partial charge in [-0.3, -0.25) is 9.80 Å². The van der Waals surface area contributed by atoms with Crippen molar-refractivity contribution in [3.05, 3.63) is 52.3 Å². The first-order valence-electron chi connectivity index (χ1n) is 9.06. The molecule has 0 bridgehead atoms. The maximum absolute atomic E-state index is 13.3. The zero-order valence-corrected chi connectivity index (χ0v) is 15.5. The van der Waals surface area contributed by atoms with Gasteiger partial charge in [0, 0.05) is 45.7 Å². The third kappa shape index (κ3) is 5.27. The van der Waals surface area contributed by atoms with E-state index in [9.17, 15) is 4.39 Å². The van der Waals surface area contributed by atoms with E-state index in [2.05, 4.69) is 26.7 Å². The van der Waals surface area contributed by atoms with Crippen LogP contribution in [0.5, 0.6) is 0 Å². The highest BCUT2D eigenvalue weighted by Crippen LogP contribution is 2.18. The van der Waals surface area contributed by atoms with Crippen molar-refractivity contribution in [1.29, 1.82) is 0 Å². The Hall–Kier alpha value is -1.43. The number of rotatable bonds is 7. The molecule has 1 N–H and O–H groups in total. The van der Waals surface area contributed by atoms with Crippen molar-refractivity contribution in [1.82, 2.24) is 19.8 Å². The number of imidazole rings is 1. The molecular formula is C19H26ClFN4. The number of unbranched alkanes of at least 4 members (excludes halogenated alkanes) is 1. The molecule has 4 nitrogen and oxygen atoms in total. The topological polar surface area (TPSA) is 35.2 Å². The van der Waals surface area contributed by atoms with Gasteiger partial charge >= 0.3 is 0 Å². The summed E-state index contributed by atoms with van der Waals surface area (Å²) in [5.41, 5.74) is 2.05. The number of benzene rings is 1. The third-order valence-electron chi connectivity index (χ3n) is 4.69. The Morgan fingerprint density at radius 3 is 2.56 bits per heavy atom. The first kappa shape index (κ1) is 18.4. The number of nitrogens with zero attached hydrogens (tertiary/aromatic N) is 3. The molecule has 25 heavy (non-hydrogen) atoms. The average Bonchev–Trinajstić information content (AvgIpc) is 2.94. The number of aromatic amines is 1. The Balaban J connectivity index is 1.48. The van der Waals surface area contributed by atoms with Gasteiger partial charge in [-0.1, -0.05) is 37.1 Å². The van der Waals surface area contributed by atoms with Crippen LogP contribution in [0, 0.1) is 5.82 Å². The van der Waals surface area contributed by atoms with E-state index in [4.69, 9.17) is 11.6 Å². The molecule has 2 heterocycles. The lowest BCUT2D eigenvalue weighted by Crippen LogP contribution is -2.45. The zero-order chi connectivity index (χ0) is 17.6. The summed E-state index contributed by atoms with van der Waals surface area (Å²) in [5.74, 6) is 0.829. The number of aromatic nitrogens is 2. The van der Waals surface area contributed by atoms with Gasteiger partial charge in [-0.05, 0) is 24.1 Å². The second kappa shape index (κ2) is 8.79. The molecule has 0 spiro atoms. The number of aryl methyl sites for hydroxylation is 1. The molecule has 1 fully saturated rings. The fourth-order valence-electron chi connectivity index (χ4n) is 3.23. The van der Waals surface area contributed by atoms with Crippen molar-refractivity contribution < 1.29 is 4.39 Å². The van der Waals surface area contributed by atoms with Gasteiger partial charge in [0.15, 0.2) is 5.15 Å². The Kier molecular flexibility index (Phi) is 6.45. The molecule has 1 aromatic heterocycles. The first-order valence-corrected chi connectivity index (χ1v) is 9.44. The zero-order valence-electron chi connectivity index (χ0n) is 14.8. The lowest BCUT2D eigenvalue weighted by molar-refractivity contribution is 0.121. The van der Waals surface area contributed by atoms with Crippen LogP contribution in [-0.2, 0) is 19.5 Å². The fourth-order valence-corrected chi connectivity index (χ4v) is 3.44. The van der Waals surface area contributed by atoms with E-state index < -0.39 is 0 Å². The lowest BCUT2D eigenvalue weighted by Gasteiger charge is -2.34. The van der Waals surface area contributed by atoms with Crippen molar-refractivity contribution >= 4 is 11.6 Å². The highest BCUT2D eigenvalue weighted by molar-refractivity contribution is 6.30. The summed E-state index contributed by atoms with van der Waals surface area (Å²) >= 11 is 6.28. The molecule has 1 aliphatic rings. The van der Waals surface area contributed by atoms with E-state index in [1.165, 1.54) is 6.07 Å². The molecular weight excluding hydrogens is 339 g/mol. The molecule has 0 atom stereocenters. The minimum atomic E-state index is -0.163. The van der Waals surface area contributed by atoms with Crippen LogP contribution in [0.2, 0.25) is 5.15 Å². The molecule has 2 aromatic rings. The third-order valence-corrected chi connectivity index (χ3v) is 5.00. The predicted molar refractivity (Wildman–Crippen MR) is 99.2 cm³/mol. The van der Waals surface area contributed by atoms with Gasteiger partial charge in [-0.15, -0.1) is 0 Å². The van der Waals surface area contributed by atoms with Gasteiger partial charge in [-0.2, -0.15) is 0 Å². The van der Waals surface area contributed by atoms with Crippen LogP contribution in [0.1, 0.15) is 36.8 Å². The van der Waals surface area contributed by atoms with Crippen LogP contribution in [-0.4, -0.2) is 45.9 Å². The second-order valence-corrected chi connectivity index (χ2v) is 7.10. The molecule has 6 heteroatoms. The summed E-state index contributed by atoms with van der Waals surface area (Å²) in [6.07, 6.45) is 3.24. The van der Waals surface area contributed by atoms with Gasteiger partial charge < -0.3 is 4.98 Å². The molecule has 0 unspecified atom stereocenters. The number of piperazine rings is 1. The van der Waals surface area contributed by atoms with Crippen LogP contribution in [0.4, 0.5) is 4.39 Å². The molecule has 3 rings (SSSR count). The van der Waals surface area contributed by atoms with Crippen molar-refractivity contribution in [2.45, 2.75) is 39.3 Å². The van der Waals surface area contributed by atoms with Gasteiger partial charge in [-0.25, -0.2) is 9.37 Å². The van der Waals surface area contributed by atoms with Crippen molar-refractivity contribution in [3.8, 4) is 0 Å². The molecule has 0 saturated carbocycles. The summed E-state index contributed by atoms with van der Waals surface area (Å²) in [5, 5.41) is 0.605. The monoisotopic (exact) mass is 364 g/mol. The first-order chi connectivity index (χ1) is 12.1. The molecule has 0 radical (unpaired) electrons. The largest absolute Gasteiger partial charge is 0.344 e. The number of hydrogen-bond donors (Lipinski definition) is 1. The molecule has 136 valence electrons. The van der Waals surface area contributed by atoms with E-state index in [0.29, 0.717) is 5.15 Å². The van der Waals surface area contributed by atoms with Crippen LogP contribution >= 0.6 is 11.6 Å². The predicted octanol–water partition coefficient (Wildman–Crippen LogP) is 3.86. The van der Waals surface area contributed by atoms with Crippen molar-refractivity contribution in [2.24, 2.45) is 0 Å². The van der Waals surface area contributed by atoms with Crippen LogP contribution in [0.3, 0.4) is 0 Å². The minimum Gasteiger partial charge on any atom is -0.344 e. The van der Waals surface area contributed by atoms with Crippen LogP contribution in [0.15, 0.2) is 24.3 Å². The van der Waals surface area contributed by atoms with Gasteiger partial charge in [0.1, 0.15) is 11.6 Å². The van der Waals surface area contributed by atoms with Crippen LogP contribution in [0.25, 0.3) is 0 Å². The quantitative estimate of drug-likeness (QED) is 0.810. The standard InChI is InChI=1S/C19H26ClFN4/c1-2-3-7-18-22-17(19(20)23-18)14-25-10-8-24(9-11-25)13-15-5-4-6-16(21)12-15/h4-6,12H,2-3,7-11,13-14H2,1H3,(H,22,23). The fraction of sp³-hybridized carbons (Fsp3) is 0.526. The summed E-state index contributed by atoms with van der Waals surface area (Å²) in [7, 11) is 0. The summed E-state index contributed by atoms with van der Waals surface area (Å²) in [4.78, 5) is 12.6. The maximum Gasteiger partial charge on any atom is 0.151 e. The van der Waals surface area contributed by atoms with Gasteiger partial charge in [0.05, 0.1) is 5.69 Å². The van der Waals surface area contributed by atoms with Crippen molar-refractivity contribution in [2.75, 3.05) is 26.2 Å². The lowest BCUT2D eigenvalue weighted by atomic mass is 10.2. The Bertz CT molecular complexity index is 680.